The van der Waals surface area contributed by atoms with Crippen LogP contribution in [0.15, 0.2) is 11.0 Å². The van der Waals surface area contributed by atoms with Crippen molar-refractivity contribution in [2.45, 2.75) is 32.4 Å². The topological polar surface area (TPSA) is 46.9 Å². The van der Waals surface area contributed by atoms with Crippen molar-refractivity contribution in [3.8, 4) is 0 Å². The van der Waals surface area contributed by atoms with E-state index in [1.54, 1.807) is 6.20 Å². The number of nitrogens with one attached hydrogen (secondary N) is 1. The van der Waals surface area contributed by atoms with Crippen molar-refractivity contribution in [2.24, 2.45) is 0 Å². The smallest absolute Gasteiger partial charge is 0.287 e. The predicted octanol–water partition coefficient (Wildman–Crippen LogP) is 2.22. The summed E-state index contributed by atoms with van der Waals surface area (Å²) in [6.07, 6.45) is 3.98. The van der Waals surface area contributed by atoms with Crippen LogP contribution in [0.4, 0.5) is 5.69 Å². The Kier molecular flexibility index (Phi) is 4.34. The molecule has 6 heteroatoms. The van der Waals surface area contributed by atoms with Gasteiger partial charge in [-0.15, -0.1) is 0 Å². The molecule has 1 aromatic rings. The molecule has 0 aromatic carbocycles. The van der Waals surface area contributed by atoms with Gasteiger partial charge in [0.25, 0.3) is 5.56 Å². The first kappa shape index (κ1) is 12.8. The number of halogens is 1. The lowest BCUT2D eigenvalue weighted by atomic mass is 10.2. The van der Waals surface area contributed by atoms with Gasteiger partial charge in [-0.3, -0.25) is 4.79 Å². The predicted molar refractivity (Wildman–Crippen MR) is 73.2 cm³/mol. The Morgan fingerprint density at radius 2 is 2.53 bits per heavy atom. The Hall–Kier alpha value is -0.680. The monoisotopic (exact) mass is 273 g/mol. The van der Waals surface area contributed by atoms with E-state index in [0.717, 1.165) is 12.2 Å². The molecule has 0 bridgehead atoms. The van der Waals surface area contributed by atoms with Gasteiger partial charge in [0.15, 0.2) is 0 Å². The molecule has 1 saturated heterocycles. The van der Waals surface area contributed by atoms with Gasteiger partial charge in [0.05, 0.1) is 11.9 Å². The highest BCUT2D eigenvalue weighted by Crippen LogP contribution is 2.23. The molecule has 1 aliphatic heterocycles. The van der Waals surface area contributed by atoms with E-state index in [1.165, 1.54) is 16.9 Å². The van der Waals surface area contributed by atoms with Crippen LogP contribution in [0.3, 0.4) is 0 Å². The van der Waals surface area contributed by atoms with Crippen molar-refractivity contribution >= 4 is 29.1 Å². The second-order valence-corrected chi connectivity index (χ2v) is 5.58. The molecule has 1 N–H and O–H groups in total. The Bertz CT molecular complexity index is 443. The number of rotatable bonds is 3. The van der Waals surface area contributed by atoms with E-state index in [9.17, 15) is 4.79 Å². The van der Waals surface area contributed by atoms with Gasteiger partial charge in [-0.25, -0.2) is 4.68 Å². The Labute approximate surface area is 110 Å². The van der Waals surface area contributed by atoms with Crippen LogP contribution < -0.4 is 10.9 Å². The van der Waals surface area contributed by atoms with Crippen molar-refractivity contribution in [3.05, 3.63) is 21.6 Å². The van der Waals surface area contributed by atoms with Gasteiger partial charge >= 0.3 is 0 Å². The minimum absolute atomic E-state index is 0.220. The van der Waals surface area contributed by atoms with Gasteiger partial charge in [0, 0.05) is 18.3 Å². The van der Waals surface area contributed by atoms with Crippen LogP contribution in [0.2, 0.25) is 5.02 Å². The third-order valence-electron chi connectivity index (χ3n) is 2.80. The first-order chi connectivity index (χ1) is 8.22. The standard InChI is InChI=1S/C11H16ClN3OS/c1-2-15-11(16)10(12)9(6-13-15)14-8-4-3-5-17-7-8/h6,8,14H,2-5,7H2,1H3. The lowest BCUT2D eigenvalue weighted by molar-refractivity contribution is 0.614. The van der Waals surface area contributed by atoms with Crippen LogP contribution in [0.1, 0.15) is 19.8 Å². The van der Waals surface area contributed by atoms with Crippen molar-refractivity contribution in [3.63, 3.8) is 0 Å². The summed E-state index contributed by atoms with van der Waals surface area (Å²) in [4.78, 5) is 11.8. The fourth-order valence-corrected chi connectivity index (χ4v) is 3.14. The van der Waals surface area contributed by atoms with Gasteiger partial charge < -0.3 is 5.32 Å². The Morgan fingerprint density at radius 3 is 3.18 bits per heavy atom. The summed E-state index contributed by atoms with van der Waals surface area (Å²) in [6.45, 7) is 2.41. The Balaban J connectivity index is 2.15. The minimum atomic E-state index is -0.220. The van der Waals surface area contributed by atoms with Gasteiger partial charge in [0.1, 0.15) is 5.02 Å². The molecule has 1 aromatic heterocycles. The van der Waals surface area contributed by atoms with E-state index in [-0.39, 0.29) is 10.6 Å². The number of hydrogen-bond donors (Lipinski definition) is 1. The summed E-state index contributed by atoms with van der Waals surface area (Å²) in [6, 6.07) is 0.393. The van der Waals surface area contributed by atoms with Crippen LogP contribution >= 0.6 is 23.4 Å². The van der Waals surface area contributed by atoms with E-state index in [1.807, 2.05) is 18.7 Å². The zero-order valence-electron chi connectivity index (χ0n) is 9.78. The highest BCUT2D eigenvalue weighted by molar-refractivity contribution is 7.99. The lowest BCUT2D eigenvalue weighted by Crippen LogP contribution is -2.29. The molecular weight excluding hydrogens is 258 g/mol. The quantitative estimate of drug-likeness (QED) is 0.917. The van der Waals surface area contributed by atoms with Gasteiger partial charge in [-0.2, -0.15) is 16.9 Å². The maximum absolute atomic E-state index is 11.8. The van der Waals surface area contributed by atoms with Gasteiger partial charge in [-0.1, -0.05) is 11.6 Å². The SMILES string of the molecule is CCn1ncc(NC2CCCSC2)c(Cl)c1=O. The second-order valence-electron chi connectivity index (χ2n) is 4.05. The molecule has 0 aliphatic carbocycles. The van der Waals surface area contributed by atoms with E-state index >= 15 is 0 Å². The summed E-state index contributed by atoms with van der Waals surface area (Å²) in [7, 11) is 0. The fourth-order valence-electron chi connectivity index (χ4n) is 1.87. The third-order valence-corrected chi connectivity index (χ3v) is 4.39. The van der Waals surface area contributed by atoms with Crippen molar-refractivity contribution in [1.82, 2.24) is 9.78 Å². The molecule has 2 rings (SSSR count). The summed E-state index contributed by atoms with van der Waals surface area (Å²) in [5, 5.41) is 7.63. The zero-order valence-corrected chi connectivity index (χ0v) is 11.4. The van der Waals surface area contributed by atoms with Gasteiger partial charge in [-0.05, 0) is 25.5 Å². The molecular formula is C11H16ClN3OS. The molecule has 1 aliphatic rings. The average molecular weight is 274 g/mol. The van der Waals surface area contributed by atoms with Gasteiger partial charge in [0.2, 0.25) is 0 Å². The van der Waals surface area contributed by atoms with Crippen LogP contribution in [0, 0.1) is 0 Å². The molecule has 1 unspecified atom stereocenters. The van der Waals surface area contributed by atoms with Crippen LogP contribution in [0.5, 0.6) is 0 Å². The summed E-state index contributed by atoms with van der Waals surface area (Å²) >= 11 is 7.98. The largest absolute Gasteiger partial charge is 0.379 e. The summed E-state index contributed by atoms with van der Waals surface area (Å²) < 4.78 is 1.36. The van der Waals surface area contributed by atoms with Crippen molar-refractivity contribution < 1.29 is 0 Å². The van der Waals surface area contributed by atoms with E-state index < -0.39 is 0 Å². The molecule has 17 heavy (non-hydrogen) atoms. The lowest BCUT2D eigenvalue weighted by Gasteiger charge is -2.23. The van der Waals surface area contributed by atoms with E-state index in [4.69, 9.17) is 11.6 Å². The molecule has 1 atom stereocenters. The average Bonchev–Trinajstić information content (AvgIpc) is 2.37. The molecule has 4 nitrogen and oxygen atoms in total. The Morgan fingerprint density at radius 1 is 1.71 bits per heavy atom. The number of hydrogen-bond acceptors (Lipinski definition) is 4. The number of nitrogens with zero attached hydrogens (tertiary/aromatic N) is 2. The van der Waals surface area contributed by atoms with Crippen LogP contribution in [0.25, 0.3) is 0 Å². The number of thioether (sulfide) groups is 1. The highest BCUT2D eigenvalue weighted by Gasteiger charge is 2.16. The third kappa shape index (κ3) is 2.96. The van der Waals surface area contributed by atoms with Crippen LogP contribution in [-0.2, 0) is 6.54 Å². The second kappa shape index (κ2) is 5.78. The number of anilines is 1. The molecule has 0 amide bonds. The fraction of sp³-hybridized carbons (Fsp3) is 0.636. The summed E-state index contributed by atoms with van der Waals surface area (Å²) in [5.41, 5.74) is 0.441. The molecule has 2 heterocycles. The van der Waals surface area contributed by atoms with Crippen LogP contribution in [-0.4, -0.2) is 27.3 Å². The maximum atomic E-state index is 11.8. The minimum Gasteiger partial charge on any atom is -0.379 e. The molecule has 0 radical (unpaired) electrons. The van der Waals surface area contributed by atoms with E-state index in [2.05, 4.69) is 10.4 Å². The van der Waals surface area contributed by atoms with E-state index in [0.29, 0.717) is 18.3 Å². The first-order valence-corrected chi connectivity index (χ1v) is 7.35. The van der Waals surface area contributed by atoms with Crippen molar-refractivity contribution in [1.29, 1.82) is 0 Å². The molecule has 0 spiro atoms. The number of aromatic nitrogens is 2. The first-order valence-electron chi connectivity index (χ1n) is 5.82. The summed E-state index contributed by atoms with van der Waals surface area (Å²) in [5.74, 6) is 2.29. The zero-order chi connectivity index (χ0) is 12.3. The molecule has 94 valence electrons. The maximum Gasteiger partial charge on any atom is 0.287 e. The molecule has 1 fully saturated rings. The number of aryl methyl sites for hydroxylation is 1. The normalized spacial score (nSPS) is 20.2. The van der Waals surface area contributed by atoms with Crippen molar-refractivity contribution in [2.75, 3.05) is 16.8 Å². The highest BCUT2D eigenvalue weighted by atomic mass is 35.5. The molecule has 0 saturated carbocycles.